The number of hydrogen-bond donors (Lipinski definition) is 1. The Kier molecular flexibility index (Phi) is 5.60. The highest BCUT2D eigenvalue weighted by Gasteiger charge is 2.24. The molecule has 0 radical (unpaired) electrons. The summed E-state index contributed by atoms with van der Waals surface area (Å²) in [5.74, 6) is 0. The Morgan fingerprint density at radius 2 is 2.12 bits per heavy atom. The zero-order valence-corrected chi connectivity index (χ0v) is 10.8. The standard InChI is InChI=1S/C12H25N3O/c1-4-13-11(2)7-5-6-8-15-10-9-14(3)12(15)16/h11,13H,4-10H2,1-3H3. The van der Waals surface area contributed by atoms with Gasteiger partial charge in [-0.25, -0.2) is 4.79 Å². The third-order valence-corrected chi connectivity index (χ3v) is 3.17. The smallest absolute Gasteiger partial charge is 0.319 e. The molecule has 4 heteroatoms. The largest absolute Gasteiger partial charge is 0.326 e. The maximum absolute atomic E-state index is 11.6. The van der Waals surface area contributed by atoms with E-state index in [9.17, 15) is 4.79 Å². The molecule has 1 heterocycles. The minimum atomic E-state index is 0.194. The highest BCUT2D eigenvalue weighted by molar-refractivity contribution is 5.76. The molecule has 1 rings (SSSR count). The van der Waals surface area contributed by atoms with Crippen LogP contribution in [0.1, 0.15) is 33.1 Å². The molecule has 0 aromatic heterocycles. The molecule has 0 saturated carbocycles. The van der Waals surface area contributed by atoms with Crippen molar-refractivity contribution in [2.24, 2.45) is 0 Å². The summed E-state index contributed by atoms with van der Waals surface area (Å²) in [6, 6.07) is 0.793. The topological polar surface area (TPSA) is 35.6 Å². The number of hydrogen-bond acceptors (Lipinski definition) is 2. The molecule has 1 N–H and O–H groups in total. The van der Waals surface area contributed by atoms with Crippen LogP contribution in [0.2, 0.25) is 0 Å². The lowest BCUT2D eigenvalue weighted by molar-refractivity contribution is 0.197. The molecule has 0 bridgehead atoms. The van der Waals surface area contributed by atoms with E-state index in [1.165, 1.54) is 12.8 Å². The van der Waals surface area contributed by atoms with Crippen molar-refractivity contribution >= 4 is 6.03 Å². The van der Waals surface area contributed by atoms with Gasteiger partial charge in [-0.1, -0.05) is 13.3 Å². The number of amides is 2. The van der Waals surface area contributed by atoms with Gasteiger partial charge in [-0.05, 0) is 26.3 Å². The van der Waals surface area contributed by atoms with Crippen molar-refractivity contribution < 1.29 is 4.79 Å². The Balaban J connectivity index is 2.05. The number of carbonyl (C=O) groups excluding carboxylic acids is 1. The van der Waals surface area contributed by atoms with E-state index in [1.807, 2.05) is 11.9 Å². The minimum Gasteiger partial charge on any atom is -0.326 e. The summed E-state index contributed by atoms with van der Waals surface area (Å²) in [4.78, 5) is 15.3. The Labute approximate surface area is 99.0 Å². The first-order valence-corrected chi connectivity index (χ1v) is 6.38. The molecule has 16 heavy (non-hydrogen) atoms. The molecule has 0 aromatic carbocycles. The fourth-order valence-electron chi connectivity index (χ4n) is 2.11. The molecule has 1 atom stereocenters. The van der Waals surface area contributed by atoms with E-state index in [4.69, 9.17) is 0 Å². The van der Waals surface area contributed by atoms with Crippen molar-refractivity contribution in [1.29, 1.82) is 0 Å². The maximum atomic E-state index is 11.6. The van der Waals surface area contributed by atoms with Gasteiger partial charge in [-0.2, -0.15) is 0 Å². The van der Waals surface area contributed by atoms with Gasteiger partial charge in [0.15, 0.2) is 0 Å². The second-order valence-corrected chi connectivity index (χ2v) is 4.65. The van der Waals surface area contributed by atoms with Gasteiger partial charge in [0.25, 0.3) is 0 Å². The summed E-state index contributed by atoms with van der Waals surface area (Å²) < 4.78 is 0. The normalized spacial score (nSPS) is 18.3. The van der Waals surface area contributed by atoms with Gasteiger partial charge in [0.2, 0.25) is 0 Å². The third kappa shape index (κ3) is 4.00. The van der Waals surface area contributed by atoms with E-state index >= 15 is 0 Å². The van der Waals surface area contributed by atoms with Crippen molar-refractivity contribution in [2.45, 2.75) is 39.2 Å². The molecule has 1 aliphatic rings. The van der Waals surface area contributed by atoms with Gasteiger partial charge in [0.05, 0.1) is 0 Å². The van der Waals surface area contributed by atoms with Crippen molar-refractivity contribution in [3.63, 3.8) is 0 Å². The zero-order chi connectivity index (χ0) is 12.0. The van der Waals surface area contributed by atoms with Crippen molar-refractivity contribution in [1.82, 2.24) is 15.1 Å². The second kappa shape index (κ2) is 6.74. The van der Waals surface area contributed by atoms with Crippen LogP contribution >= 0.6 is 0 Å². The van der Waals surface area contributed by atoms with Gasteiger partial charge in [-0.15, -0.1) is 0 Å². The molecule has 1 aliphatic heterocycles. The van der Waals surface area contributed by atoms with Gasteiger partial charge in [0, 0.05) is 32.7 Å². The molecule has 2 amide bonds. The lowest BCUT2D eigenvalue weighted by Crippen LogP contribution is -2.30. The van der Waals surface area contributed by atoms with E-state index in [0.29, 0.717) is 6.04 Å². The number of nitrogens with one attached hydrogen (secondary N) is 1. The second-order valence-electron chi connectivity index (χ2n) is 4.65. The van der Waals surface area contributed by atoms with Crippen LogP contribution in [0.3, 0.4) is 0 Å². The quantitative estimate of drug-likeness (QED) is 0.669. The lowest BCUT2D eigenvalue weighted by atomic mass is 10.1. The summed E-state index contributed by atoms with van der Waals surface area (Å²) in [6.45, 7) is 8.09. The Morgan fingerprint density at radius 1 is 1.38 bits per heavy atom. The molecule has 94 valence electrons. The average molecular weight is 227 g/mol. The Hall–Kier alpha value is -0.770. The van der Waals surface area contributed by atoms with Gasteiger partial charge >= 0.3 is 6.03 Å². The third-order valence-electron chi connectivity index (χ3n) is 3.17. The SMILES string of the molecule is CCNC(C)CCCCN1CCN(C)C1=O. The van der Waals surface area contributed by atoms with Crippen LogP contribution < -0.4 is 5.32 Å². The van der Waals surface area contributed by atoms with E-state index in [1.54, 1.807) is 4.90 Å². The van der Waals surface area contributed by atoms with E-state index in [0.717, 1.165) is 32.6 Å². The first-order valence-electron chi connectivity index (χ1n) is 6.38. The van der Waals surface area contributed by atoms with Crippen LogP contribution in [0.5, 0.6) is 0 Å². The number of nitrogens with zero attached hydrogens (tertiary/aromatic N) is 2. The monoisotopic (exact) mass is 227 g/mol. The first kappa shape index (κ1) is 13.3. The Morgan fingerprint density at radius 3 is 2.69 bits per heavy atom. The summed E-state index contributed by atoms with van der Waals surface area (Å²) >= 11 is 0. The van der Waals surface area contributed by atoms with E-state index in [-0.39, 0.29) is 6.03 Å². The summed E-state index contributed by atoms with van der Waals surface area (Å²) in [7, 11) is 1.87. The minimum absolute atomic E-state index is 0.194. The van der Waals surface area contributed by atoms with Crippen LogP contribution in [0.4, 0.5) is 4.79 Å². The van der Waals surface area contributed by atoms with E-state index < -0.39 is 0 Å². The summed E-state index contributed by atoms with van der Waals surface area (Å²) in [5, 5.41) is 3.40. The molecule has 4 nitrogen and oxygen atoms in total. The number of carbonyl (C=O) groups is 1. The molecular weight excluding hydrogens is 202 g/mol. The Bertz CT molecular complexity index is 220. The fraction of sp³-hybridized carbons (Fsp3) is 0.917. The van der Waals surface area contributed by atoms with Crippen molar-refractivity contribution in [3.05, 3.63) is 0 Å². The summed E-state index contributed by atoms with van der Waals surface area (Å²) in [6.07, 6.45) is 3.52. The molecule has 0 aromatic rings. The van der Waals surface area contributed by atoms with Gasteiger partial charge in [-0.3, -0.25) is 0 Å². The highest BCUT2D eigenvalue weighted by Crippen LogP contribution is 2.08. The zero-order valence-electron chi connectivity index (χ0n) is 10.8. The predicted octanol–water partition coefficient (Wildman–Crippen LogP) is 1.52. The number of unbranched alkanes of at least 4 members (excludes halogenated alkanes) is 1. The molecule has 1 saturated heterocycles. The van der Waals surface area contributed by atoms with Crippen LogP contribution in [0.15, 0.2) is 0 Å². The van der Waals surface area contributed by atoms with Gasteiger partial charge in [0.1, 0.15) is 0 Å². The first-order chi connectivity index (χ1) is 7.65. The fourth-order valence-corrected chi connectivity index (χ4v) is 2.11. The van der Waals surface area contributed by atoms with Crippen LogP contribution in [-0.4, -0.2) is 55.1 Å². The number of rotatable bonds is 7. The van der Waals surface area contributed by atoms with Crippen molar-refractivity contribution in [2.75, 3.05) is 33.2 Å². The van der Waals surface area contributed by atoms with Gasteiger partial charge < -0.3 is 15.1 Å². The van der Waals surface area contributed by atoms with Crippen LogP contribution in [0, 0.1) is 0 Å². The highest BCUT2D eigenvalue weighted by atomic mass is 16.2. The maximum Gasteiger partial charge on any atom is 0.319 e. The molecular formula is C12H25N3O. The molecule has 0 spiro atoms. The summed E-state index contributed by atoms with van der Waals surface area (Å²) in [5.41, 5.74) is 0. The van der Waals surface area contributed by atoms with Crippen LogP contribution in [-0.2, 0) is 0 Å². The number of urea groups is 1. The lowest BCUT2D eigenvalue weighted by Gasteiger charge is -2.16. The number of likely N-dealkylation sites (N-methyl/N-ethyl adjacent to an activating group) is 1. The van der Waals surface area contributed by atoms with E-state index in [2.05, 4.69) is 19.2 Å². The molecule has 0 aliphatic carbocycles. The van der Waals surface area contributed by atoms with Crippen molar-refractivity contribution in [3.8, 4) is 0 Å². The predicted molar refractivity (Wildman–Crippen MR) is 66.6 cm³/mol. The average Bonchev–Trinajstić information content (AvgIpc) is 2.56. The molecule has 1 unspecified atom stereocenters. The molecule has 1 fully saturated rings. The van der Waals surface area contributed by atoms with Crippen LogP contribution in [0.25, 0.3) is 0 Å².